The molecule has 1 saturated heterocycles. The first kappa shape index (κ1) is 31.6. The molecule has 0 unspecified atom stereocenters. The summed E-state index contributed by atoms with van der Waals surface area (Å²) in [5, 5.41) is 10.2. The van der Waals surface area contributed by atoms with Crippen molar-refractivity contribution in [3.63, 3.8) is 0 Å². The van der Waals surface area contributed by atoms with E-state index in [1.165, 1.54) is 17.5 Å². The van der Waals surface area contributed by atoms with E-state index < -0.39 is 0 Å². The van der Waals surface area contributed by atoms with Gasteiger partial charge in [0.2, 0.25) is 0 Å². The number of carbonyl (C=O) groups excluding carboxylic acids is 2. The van der Waals surface area contributed by atoms with E-state index in [0.717, 1.165) is 44.0 Å². The standard InChI is InChI=1S/C29H39ClN8O3S/c1-18(2)15-22(31-5)28(40)41-14-13-37-9-11-38(12-10-37)25-16-24(33-20(4)34-25)35-29-32-17-23(42-29)27(39)36-26-19(3)7-6-8-21(26)30/h6-8,16-18,22,31H,9-15H2,1-5H3,(H,36,39)(H,32,33,34,35)/t22-/m1/s1. The third kappa shape index (κ3) is 8.60. The quantitative estimate of drug-likeness (QED) is 0.251. The molecule has 1 aliphatic heterocycles. The molecule has 3 heterocycles. The number of aromatic nitrogens is 3. The van der Waals surface area contributed by atoms with Crippen molar-refractivity contribution < 1.29 is 14.3 Å². The summed E-state index contributed by atoms with van der Waals surface area (Å²) in [7, 11) is 1.79. The number of ether oxygens (including phenoxy) is 1. The predicted octanol–water partition coefficient (Wildman–Crippen LogP) is 4.50. The molecule has 42 heavy (non-hydrogen) atoms. The molecule has 0 aliphatic carbocycles. The Bertz CT molecular complexity index is 1360. The predicted molar refractivity (Wildman–Crippen MR) is 168 cm³/mol. The molecular formula is C29H39ClN8O3S. The zero-order valence-corrected chi connectivity index (χ0v) is 26.3. The normalized spacial score (nSPS) is 14.6. The number of likely N-dealkylation sites (N-methyl/N-ethyl adjacent to an activating group) is 1. The lowest BCUT2D eigenvalue weighted by Gasteiger charge is -2.35. The minimum atomic E-state index is -0.277. The van der Waals surface area contributed by atoms with Gasteiger partial charge in [-0.25, -0.2) is 15.0 Å². The van der Waals surface area contributed by atoms with Gasteiger partial charge in [0.25, 0.3) is 5.91 Å². The Labute approximate surface area is 256 Å². The molecule has 3 aromatic rings. The summed E-state index contributed by atoms with van der Waals surface area (Å²) in [5.41, 5.74) is 1.47. The summed E-state index contributed by atoms with van der Waals surface area (Å²) in [6.07, 6.45) is 2.29. The summed E-state index contributed by atoms with van der Waals surface area (Å²) in [4.78, 5) is 43.7. The fraction of sp³-hybridized carbons (Fsp3) is 0.483. The third-order valence-electron chi connectivity index (χ3n) is 6.94. The highest BCUT2D eigenvalue weighted by Crippen LogP contribution is 2.28. The van der Waals surface area contributed by atoms with E-state index in [1.54, 1.807) is 13.1 Å². The third-order valence-corrected chi connectivity index (χ3v) is 8.16. The van der Waals surface area contributed by atoms with Crippen molar-refractivity contribution in [3.05, 3.63) is 51.7 Å². The van der Waals surface area contributed by atoms with E-state index in [0.29, 0.717) is 51.4 Å². The van der Waals surface area contributed by atoms with Crippen LogP contribution < -0.4 is 20.9 Å². The largest absolute Gasteiger partial charge is 0.463 e. The second kappa shape index (κ2) is 14.7. The molecule has 4 rings (SSSR count). The Balaban J connectivity index is 1.29. The Hall–Kier alpha value is -3.32. The molecule has 0 bridgehead atoms. The van der Waals surface area contributed by atoms with Gasteiger partial charge in [-0.1, -0.05) is 48.9 Å². The number of benzene rings is 1. The van der Waals surface area contributed by atoms with E-state index in [1.807, 2.05) is 32.0 Å². The summed E-state index contributed by atoms with van der Waals surface area (Å²) < 4.78 is 5.53. The average molecular weight is 615 g/mol. The molecule has 1 fully saturated rings. The van der Waals surface area contributed by atoms with Crippen molar-refractivity contribution in [2.45, 2.75) is 40.2 Å². The summed E-state index contributed by atoms with van der Waals surface area (Å²) >= 11 is 7.49. The Morgan fingerprint density at radius 1 is 1.14 bits per heavy atom. The number of amides is 1. The van der Waals surface area contributed by atoms with Gasteiger partial charge in [-0.15, -0.1) is 0 Å². The van der Waals surface area contributed by atoms with Gasteiger partial charge >= 0.3 is 5.97 Å². The molecule has 1 aliphatic rings. The smallest absolute Gasteiger partial charge is 0.323 e. The van der Waals surface area contributed by atoms with E-state index >= 15 is 0 Å². The van der Waals surface area contributed by atoms with Gasteiger partial charge in [-0.2, -0.15) is 0 Å². The molecule has 2 aromatic heterocycles. The lowest BCUT2D eigenvalue weighted by atomic mass is 10.0. The first-order chi connectivity index (χ1) is 20.1. The van der Waals surface area contributed by atoms with Crippen molar-refractivity contribution >= 4 is 57.3 Å². The zero-order valence-electron chi connectivity index (χ0n) is 24.7. The molecule has 1 amide bonds. The molecule has 1 aromatic carbocycles. The monoisotopic (exact) mass is 614 g/mol. The minimum Gasteiger partial charge on any atom is -0.463 e. The number of hydrogen-bond acceptors (Lipinski definition) is 11. The van der Waals surface area contributed by atoms with Gasteiger partial charge in [0.1, 0.15) is 35.0 Å². The Morgan fingerprint density at radius 2 is 1.90 bits per heavy atom. The topological polar surface area (TPSA) is 125 Å². The Kier molecular flexibility index (Phi) is 11.1. The number of hydrogen-bond donors (Lipinski definition) is 3. The van der Waals surface area contributed by atoms with Crippen LogP contribution in [0.1, 0.15) is 41.3 Å². The summed E-state index contributed by atoms with van der Waals surface area (Å²) in [6.45, 7) is 12.3. The molecule has 13 heteroatoms. The molecule has 3 N–H and O–H groups in total. The number of nitrogens with zero attached hydrogens (tertiary/aromatic N) is 5. The number of nitrogens with one attached hydrogen (secondary N) is 3. The van der Waals surface area contributed by atoms with Crippen LogP contribution in [0.2, 0.25) is 5.02 Å². The molecule has 1 atom stereocenters. The maximum absolute atomic E-state index is 12.8. The highest BCUT2D eigenvalue weighted by atomic mass is 35.5. The van der Waals surface area contributed by atoms with E-state index in [2.05, 4.69) is 54.5 Å². The summed E-state index contributed by atoms with van der Waals surface area (Å²) in [6, 6.07) is 7.10. The number of halogens is 1. The van der Waals surface area contributed by atoms with Crippen molar-refractivity contribution in [3.8, 4) is 0 Å². The van der Waals surface area contributed by atoms with Crippen LogP contribution in [-0.2, 0) is 9.53 Å². The van der Waals surface area contributed by atoms with Crippen molar-refractivity contribution in [2.75, 3.05) is 61.9 Å². The fourth-order valence-corrected chi connectivity index (χ4v) is 5.66. The highest BCUT2D eigenvalue weighted by Gasteiger charge is 2.22. The first-order valence-electron chi connectivity index (χ1n) is 14.1. The van der Waals surface area contributed by atoms with Crippen LogP contribution in [0.25, 0.3) is 0 Å². The molecule has 0 radical (unpaired) electrons. The van der Waals surface area contributed by atoms with Gasteiger partial charge in [0.05, 0.1) is 16.9 Å². The van der Waals surface area contributed by atoms with Crippen LogP contribution in [0.5, 0.6) is 0 Å². The van der Waals surface area contributed by atoms with Gasteiger partial charge in [0.15, 0.2) is 5.13 Å². The number of thiazole rings is 1. The van der Waals surface area contributed by atoms with Crippen molar-refractivity contribution in [1.29, 1.82) is 0 Å². The van der Waals surface area contributed by atoms with Crippen LogP contribution >= 0.6 is 22.9 Å². The lowest BCUT2D eigenvalue weighted by Crippen LogP contribution is -2.48. The average Bonchev–Trinajstić information content (AvgIpc) is 3.42. The van der Waals surface area contributed by atoms with E-state index in [-0.39, 0.29) is 17.9 Å². The van der Waals surface area contributed by atoms with Gasteiger partial charge in [0, 0.05) is 38.8 Å². The van der Waals surface area contributed by atoms with Crippen LogP contribution in [0.15, 0.2) is 30.5 Å². The SMILES string of the molecule is CN[C@H](CC(C)C)C(=O)OCCN1CCN(c2cc(Nc3ncc(C(=O)Nc4c(C)cccc4Cl)s3)nc(C)n2)CC1. The number of carbonyl (C=O) groups is 2. The number of piperazine rings is 1. The molecule has 0 spiro atoms. The van der Waals surface area contributed by atoms with E-state index in [9.17, 15) is 9.59 Å². The molecule has 11 nitrogen and oxygen atoms in total. The van der Waals surface area contributed by atoms with Gasteiger partial charge in [-0.05, 0) is 44.9 Å². The second-order valence-corrected chi connectivity index (χ2v) is 12.1. The van der Waals surface area contributed by atoms with Crippen LogP contribution in [0, 0.1) is 19.8 Å². The zero-order chi connectivity index (χ0) is 30.2. The highest BCUT2D eigenvalue weighted by molar-refractivity contribution is 7.17. The van der Waals surface area contributed by atoms with Crippen LogP contribution in [0.4, 0.5) is 22.5 Å². The van der Waals surface area contributed by atoms with Gasteiger partial charge < -0.3 is 25.6 Å². The van der Waals surface area contributed by atoms with Crippen LogP contribution in [-0.4, -0.2) is 84.1 Å². The molecule has 0 saturated carbocycles. The second-order valence-electron chi connectivity index (χ2n) is 10.7. The lowest BCUT2D eigenvalue weighted by molar-refractivity contribution is -0.146. The number of aryl methyl sites for hydroxylation is 2. The molecule has 226 valence electrons. The number of para-hydroxylation sites is 1. The number of rotatable bonds is 12. The van der Waals surface area contributed by atoms with Crippen LogP contribution in [0.3, 0.4) is 0 Å². The Morgan fingerprint density at radius 3 is 2.60 bits per heavy atom. The van der Waals surface area contributed by atoms with Gasteiger partial charge in [-0.3, -0.25) is 14.5 Å². The summed E-state index contributed by atoms with van der Waals surface area (Å²) in [5.74, 6) is 2.01. The number of anilines is 4. The minimum absolute atomic E-state index is 0.190. The maximum Gasteiger partial charge on any atom is 0.323 e. The maximum atomic E-state index is 12.8. The van der Waals surface area contributed by atoms with Crippen molar-refractivity contribution in [1.82, 2.24) is 25.2 Å². The first-order valence-corrected chi connectivity index (χ1v) is 15.3. The number of esters is 1. The van der Waals surface area contributed by atoms with E-state index in [4.69, 9.17) is 16.3 Å². The fourth-order valence-electron chi connectivity index (χ4n) is 4.67. The van der Waals surface area contributed by atoms with Crippen molar-refractivity contribution in [2.24, 2.45) is 5.92 Å². The molecular weight excluding hydrogens is 576 g/mol.